The van der Waals surface area contributed by atoms with Crippen LogP contribution in [-0.4, -0.2) is 14.8 Å². The number of rotatable bonds is 3. The van der Waals surface area contributed by atoms with Gasteiger partial charge in [-0.25, -0.2) is 8.78 Å². The molecule has 6 heteroatoms. The molecule has 0 aliphatic heterocycles. The molecule has 2 aromatic rings. The van der Waals surface area contributed by atoms with Crippen molar-refractivity contribution in [3.05, 3.63) is 46.0 Å². The fraction of sp³-hybridized carbons (Fsp3) is 0.333. The largest absolute Gasteiger partial charge is 0.299 e. The van der Waals surface area contributed by atoms with Gasteiger partial charge in [-0.05, 0) is 29.9 Å². The third kappa shape index (κ3) is 2.48. The van der Waals surface area contributed by atoms with Gasteiger partial charge in [0.25, 0.3) is 0 Å². The highest BCUT2D eigenvalue weighted by Crippen LogP contribution is 2.15. The van der Waals surface area contributed by atoms with Gasteiger partial charge in [-0.1, -0.05) is 19.9 Å². The van der Waals surface area contributed by atoms with Crippen LogP contribution in [0.2, 0.25) is 0 Å². The lowest BCUT2D eigenvalue weighted by Gasteiger charge is -2.09. The number of H-pyrrole nitrogens is 1. The molecule has 2 rings (SSSR count). The Morgan fingerprint density at radius 2 is 2.06 bits per heavy atom. The predicted octanol–water partition coefficient (Wildman–Crippen LogP) is 3.39. The zero-order valence-corrected chi connectivity index (χ0v) is 10.9. The molecular weight excluding hydrogens is 256 g/mol. The van der Waals surface area contributed by atoms with E-state index in [0.717, 1.165) is 11.9 Å². The van der Waals surface area contributed by atoms with Gasteiger partial charge in [0.15, 0.2) is 16.4 Å². The minimum Gasteiger partial charge on any atom is -0.299 e. The van der Waals surface area contributed by atoms with E-state index in [1.165, 1.54) is 12.1 Å². The second-order valence-corrected chi connectivity index (χ2v) is 4.76. The highest BCUT2D eigenvalue weighted by molar-refractivity contribution is 7.71. The van der Waals surface area contributed by atoms with Crippen molar-refractivity contribution in [3.63, 3.8) is 0 Å². The van der Waals surface area contributed by atoms with Gasteiger partial charge in [0.2, 0.25) is 0 Å². The standard InChI is InChI=1S/C12H13F2N3S/c1-7(2)11-15-16-12(18)17(11)6-8-3-4-9(13)10(14)5-8/h3-5,7H,6H2,1-2H3,(H,16,18). The first-order valence-electron chi connectivity index (χ1n) is 5.58. The van der Waals surface area contributed by atoms with Crippen molar-refractivity contribution in [2.45, 2.75) is 26.3 Å². The second kappa shape index (κ2) is 4.97. The first-order chi connectivity index (χ1) is 8.49. The number of aromatic amines is 1. The normalized spacial score (nSPS) is 11.2. The Hall–Kier alpha value is -1.56. The number of hydrogen-bond donors (Lipinski definition) is 1. The fourth-order valence-corrected chi connectivity index (χ4v) is 1.95. The highest BCUT2D eigenvalue weighted by atomic mass is 32.1. The third-order valence-corrected chi connectivity index (χ3v) is 2.94. The zero-order valence-electron chi connectivity index (χ0n) is 10.1. The summed E-state index contributed by atoms with van der Waals surface area (Å²) < 4.78 is 28.2. The van der Waals surface area contributed by atoms with Crippen molar-refractivity contribution < 1.29 is 8.78 Å². The molecular formula is C12H13F2N3S. The molecule has 0 amide bonds. The number of halogens is 2. The summed E-state index contributed by atoms with van der Waals surface area (Å²) in [6.45, 7) is 4.36. The number of aromatic nitrogens is 3. The quantitative estimate of drug-likeness (QED) is 0.866. The Balaban J connectivity index is 2.36. The Morgan fingerprint density at radius 1 is 1.33 bits per heavy atom. The fourth-order valence-electron chi connectivity index (χ4n) is 1.74. The average molecular weight is 269 g/mol. The Morgan fingerprint density at radius 3 is 2.67 bits per heavy atom. The van der Waals surface area contributed by atoms with Crippen LogP contribution in [0.4, 0.5) is 8.78 Å². The molecule has 1 N–H and O–H groups in total. The number of hydrogen-bond acceptors (Lipinski definition) is 2. The summed E-state index contributed by atoms with van der Waals surface area (Å²) in [7, 11) is 0. The predicted molar refractivity (Wildman–Crippen MR) is 67.0 cm³/mol. The van der Waals surface area contributed by atoms with Gasteiger partial charge < -0.3 is 0 Å². The lowest BCUT2D eigenvalue weighted by atomic mass is 10.2. The average Bonchev–Trinajstić information content (AvgIpc) is 2.66. The Bertz CT molecular complexity index is 616. The van der Waals surface area contributed by atoms with Gasteiger partial charge in [0.1, 0.15) is 5.82 Å². The van der Waals surface area contributed by atoms with Gasteiger partial charge in [-0.2, -0.15) is 5.10 Å². The van der Waals surface area contributed by atoms with E-state index in [-0.39, 0.29) is 5.92 Å². The summed E-state index contributed by atoms with van der Waals surface area (Å²) in [4.78, 5) is 0. The molecule has 0 atom stereocenters. The van der Waals surface area contributed by atoms with Crippen LogP contribution >= 0.6 is 12.2 Å². The van der Waals surface area contributed by atoms with Crippen molar-refractivity contribution in [2.75, 3.05) is 0 Å². The van der Waals surface area contributed by atoms with Crippen molar-refractivity contribution >= 4 is 12.2 Å². The molecule has 0 bridgehead atoms. The van der Waals surface area contributed by atoms with Crippen LogP contribution in [0.1, 0.15) is 31.2 Å². The van der Waals surface area contributed by atoms with Gasteiger partial charge in [-0.15, -0.1) is 0 Å². The van der Waals surface area contributed by atoms with E-state index in [0.29, 0.717) is 16.9 Å². The van der Waals surface area contributed by atoms with E-state index in [4.69, 9.17) is 12.2 Å². The molecule has 0 saturated heterocycles. The molecule has 0 radical (unpaired) electrons. The van der Waals surface area contributed by atoms with Crippen molar-refractivity contribution in [1.82, 2.24) is 14.8 Å². The third-order valence-electron chi connectivity index (χ3n) is 2.63. The maximum Gasteiger partial charge on any atom is 0.195 e. The van der Waals surface area contributed by atoms with Crippen LogP contribution in [0, 0.1) is 16.4 Å². The lowest BCUT2D eigenvalue weighted by molar-refractivity contribution is 0.506. The molecule has 0 aliphatic carbocycles. The number of benzene rings is 1. The first kappa shape index (κ1) is 12.9. The van der Waals surface area contributed by atoms with Crippen molar-refractivity contribution in [2.24, 2.45) is 0 Å². The Kier molecular flexibility index (Phi) is 3.56. The molecule has 1 aromatic carbocycles. The van der Waals surface area contributed by atoms with E-state index in [9.17, 15) is 8.78 Å². The summed E-state index contributed by atoms with van der Waals surface area (Å²) in [5.74, 6) is -0.708. The lowest BCUT2D eigenvalue weighted by Crippen LogP contribution is -2.07. The van der Waals surface area contributed by atoms with Gasteiger partial charge >= 0.3 is 0 Å². The van der Waals surface area contributed by atoms with Gasteiger partial charge in [0, 0.05) is 5.92 Å². The molecule has 18 heavy (non-hydrogen) atoms. The maximum absolute atomic E-state index is 13.1. The van der Waals surface area contributed by atoms with E-state index < -0.39 is 11.6 Å². The van der Waals surface area contributed by atoms with Crippen LogP contribution in [0.25, 0.3) is 0 Å². The van der Waals surface area contributed by atoms with E-state index >= 15 is 0 Å². The van der Waals surface area contributed by atoms with Gasteiger partial charge in [0.05, 0.1) is 6.54 Å². The number of nitrogens with one attached hydrogen (secondary N) is 1. The monoisotopic (exact) mass is 269 g/mol. The van der Waals surface area contributed by atoms with Crippen LogP contribution in [0.15, 0.2) is 18.2 Å². The SMILES string of the molecule is CC(C)c1n[nH]c(=S)n1Cc1ccc(F)c(F)c1. The molecule has 0 spiro atoms. The van der Waals surface area contributed by atoms with Crippen LogP contribution in [0.5, 0.6) is 0 Å². The van der Waals surface area contributed by atoms with E-state index in [2.05, 4.69) is 10.2 Å². The molecule has 0 saturated carbocycles. The summed E-state index contributed by atoms with van der Waals surface area (Å²) in [6, 6.07) is 3.83. The molecule has 0 fully saturated rings. The van der Waals surface area contributed by atoms with Crippen molar-refractivity contribution in [1.29, 1.82) is 0 Å². The smallest absolute Gasteiger partial charge is 0.195 e. The van der Waals surface area contributed by atoms with Gasteiger partial charge in [-0.3, -0.25) is 9.67 Å². The van der Waals surface area contributed by atoms with E-state index in [1.807, 2.05) is 13.8 Å². The van der Waals surface area contributed by atoms with Crippen molar-refractivity contribution in [3.8, 4) is 0 Å². The molecule has 1 aromatic heterocycles. The minimum atomic E-state index is -0.853. The second-order valence-electron chi connectivity index (χ2n) is 4.38. The summed E-state index contributed by atoms with van der Waals surface area (Å²) >= 11 is 5.13. The summed E-state index contributed by atoms with van der Waals surface area (Å²) in [5, 5.41) is 6.84. The molecule has 1 heterocycles. The van der Waals surface area contributed by atoms with Crippen LogP contribution < -0.4 is 0 Å². The topological polar surface area (TPSA) is 33.6 Å². The number of nitrogens with zero attached hydrogens (tertiary/aromatic N) is 2. The van der Waals surface area contributed by atoms with Crippen LogP contribution in [-0.2, 0) is 6.54 Å². The first-order valence-corrected chi connectivity index (χ1v) is 5.99. The molecule has 0 unspecified atom stereocenters. The maximum atomic E-state index is 13.1. The van der Waals surface area contributed by atoms with Crippen LogP contribution in [0.3, 0.4) is 0 Å². The molecule has 3 nitrogen and oxygen atoms in total. The molecule has 0 aliphatic rings. The summed E-state index contributed by atoms with van der Waals surface area (Å²) in [6.07, 6.45) is 0. The van der Waals surface area contributed by atoms with E-state index in [1.54, 1.807) is 4.57 Å². The molecule has 96 valence electrons. The zero-order chi connectivity index (χ0) is 13.3. The summed E-state index contributed by atoms with van der Waals surface area (Å²) in [5.41, 5.74) is 0.647. The highest BCUT2D eigenvalue weighted by Gasteiger charge is 2.11. The Labute approximate surface area is 108 Å². The minimum absolute atomic E-state index is 0.197.